The first kappa shape index (κ1) is 12.9. The monoisotopic (exact) mass is 234 g/mol. The lowest BCUT2D eigenvalue weighted by molar-refractivity contribution is -0.141. The van der Waals surface area contributed by atoms with E-state index in [0.717, 1.165) is 0 Å². The van der Waals surface area contributed by atoms with Crippen molar-refractivity contribution in [2.24, 2.45) is 0 Å². The summed E-state index contributed by atoms with van der Waals surface area (Å²) in [4.78, 5) is 21.6. The third-order valence-corrected chi connectivity index (χ3v) is 1.92. The van der Waals surface area contributed by atoms with Crippen LogP contribution in [0.1, 0.15) is 29.3 Å². The van der Waals surface area contributed by atoms with Gasteiger partial charge in [-0.1, -0.05) is 24.0 Å². The number of benzene rings is 1. The largest absolute Gasteiger partial charge is 0.465 e. The molecule has 1 aromatic rings. The fourth-order valence-electron chi connectivity index (χ4n) is 1.19. The molecule has 0 radical (unpaired) electrons. The van der Waals surface area contributed by atoms with Gasteiger partial charge in [-0.15, -0.1) is 0 Å². The van der Waals surface area contributed by atoms with Gasteiger partial charge in [0.15, 0.2) is 6.29 Å². The molecule has 0 aromatic heterocycles. The van der Waals surface area contributed by atoms with Crippen LogP contribution >= 0.6 is 0 Å². The molecule has 0 aliphatic rings. The number of hydrogen-bond donors (Lipinski definition) is 0. The highest BCUT2D eigenvalue weighted by molar-refractivity contribution is 5.80. The fourth-order valence-corrected chi connectivity index (χ4v) is 1.19. The molecule has 0 amide bonds. The van der Waals surface area contributed by atoms with Gasteiger partial charge in [0.1, 0.15) is 12.2 Å². The standard InChI is InChI=1S/C13H11FO3/c1-2-17-13(16)8-4-6-11-10(9-15)5-3-7-12(11)14/h3,5,7,9H,2,8H2,1H3. The van der Waals surface area contributed by atoms with Crippen LogP contribution in [0.2, 0.25) is 0 Å². The van der Waals surface area contributed by atoms with Crippen molar-refractivity contribution in [2.75, 3.05) is 6.61 Å². The van der Waals surface area contributed by atoms with Crippen LogP contribution in [-0.2, 0) is 9.53 Å². The van der Waals surface area contributed by atoms with E-state index in [1.807, 2.05) is 0 Å². The highest BCUT2D eigenvalue weighted by Crippen LogP contribution is 2.10. The van der Waals surface area contributed by atoms with Crippen LogP contribution in [0, 0.1) is 17.7 Å². The van der Waals surface area contributed by atoms with Crippen molar-refractivity contribution < 1.29 is 18.7 Å². The summed E-state index contributed by atoms with van der Waals surface area (Å²) in [6, 6.07) is 4.10. The molecular weight excluding hydrogens is 223 g/mol. The zero-order valence-electron chi connectivity index (χ0n) is 9.33. The highest BCUT2D eigenvalue weighted by atomic mass is 19.1. The first-order valence-corrected chi connectivity index (χ1v) is 5.07. The lowest BCUT2D eigenvalue weighted by atomic mass is 10.1. The van der Waals surface area contributed by atoms with Gasteiger partial charge in [0, 0.05) is 5.56 Å². The molecule has 0 aliphatic heterocycles. The Morgan fingerprint density at radius 1 is 1.53 bits per heavy atom. The molecule has 0 heterocycles. The van der Waals surface area contributed by atoms with Crippen LogP contribution in [0.3, 0.4) is 0 Å². The number of carbonyl (C=O) groups excluding carboxylic acids is 2. The van der Waals surface area contributed by atoms with Gasteiger partial charge in [-0.3, -0.25) is 9.59 Å². The number of aldehydes is 1. The Morgan fingerprint density at radius 3 is 2.94 bits per heavy atom. The lowest BCUT2D eigenvalue weighted by Crippen LogP contribution is -2.01. The molecule has 0 fully saturated rings. The van der Waals surface area contributed by atoms with E-state index in [1.165, 1.54) is 18.2 Å². The van der Waals surface area contributed by atoms with Crippen molar-refractivity contribution in [3.8, 4) is 11.8 Å². The van der Waals surface area contributed by atoms with Gasteiger partial charge < -0.3 is 4.74 Å². The number of rotatable bonds is 3. The maximum Gasteiger partial charge on any atom is 0.317 e. The smallest absolute Gasteiger partial charge is 0.317 e. The second-order valence-corrected chi connectivity index (χ2v) is 3.11. The van der Waals surface area contributed by atoms with E-state index < -0.39 is 11.8 Å². The summed E-state index contributed by atoms with van der Waals surface area (Å²) in [6.45, 7) is 1.96. The average molecular weight is 234 g/mol. The predicted octanol–water partition coefficient (Wildman–Crippen LogP) is 1.94. The van der Waals surface area contributed by atoms with Crippen molar-refractivity contribution in [2.45, 2.75) is 13.3 Å². The summed E-state index contributed by atoms with van der Waals surface area (Å²) in [7, 11) is 0. The SMILES string of the molecule is CCOC(=O)CC#Cc1c(F)cccc1C=O. The lowest BCUT2D eigenvalue weighted by Gasteiger charge is -1.98. The van der Waals surface area contributed by atoms with Gasteiger partial charge >= 0.3 is 5.97 Å². The molecular formula is C13H11FO3. The number of ether oxygens (including phenoxy) is 1. The molecule has 0 bridgehead atoms. The molecule has 4 heteroatoms. The molecule has 1 aromatic carbocycles. The van der Waals surface area contributed by atoms with Crippen molar-refractivity contribution in [3.63, 3.8) is 0 Å². The Balaban J connectivity index is 2.84. The normalized spacial score (nSPS) is 9.06. The molecule has 0 aliphatic carbocycles. The number of esters is 1. The van der Waals surface area contributed by atoms with Crippen LogP contribution in [0.25, 0.3) is 0 Å². The van der Waals surface area contributed by atoms with Crippen LogP contribution in [0.5, 0.6) is 0 Å². The molecule has 1 rings (SSSR count). The van der Waals surface area contributed by atoms with E-state index in [0.29, 0.717) is 6.29 Å². The van der Waals surface area contributed by atoms with Crippen molar-refractivity contribution in [1.82, 2.24) is 0 Å². The summed E-state index contributed by atoms with van der Waals surface area (Å²) < 4.78 is 18.0. The van der Waals surface area contributed by atoms with E-state index in [9.17, 15) is 14.0 Å². The molecule has 3 nitrogen and oxygen atoms in total. The molecule has 0 atom stereocenters. The Labute approximate surface area is 98.6 Å². The summed E-state index contributed by atoms with van der Waals surface area (Å²) in [5, 5.41) is 0. The maximum atomic E-state index is 13.3. The van der Waals surface area contributed by atoms with Crippen LogP contribution in [-0.4, -0.2) is 18.9 Å². The van der Waals surface area contributed by atoms with E-state index >= 15 is 0 Å². The first-order valence-electron chi connectivity index (χ1n) is 5.07. The molecule has 17 heavy (non-hydrogen) atoms. The third kappa shape index (κ3) is 3.72. The number of carbonyl (C=O) groups is 2. The zero-order chi connectivity index (χ0) is 12.7. The predicted molar refractivity (Wildman–Crippen MR) is 59.9 cm³/mol. The quantitative estimate of drug-likeness (QED) is 0.456. The Hall–Kier alpha value is -2.15. The summed E-state index contributed by atoms with van der Waals surface area (Å²) in [5.41, 5.74) is 0.174. The summed E-state index contributed by atoms with van der Waals surface area (Å²) >= 11 is 0. The number of hydrogen-bond acceptors (Lipinski definition) is 3. The van der Waals surface area contributed by atoms with Crippen LogP contribution in [0.15, 0.2) is 18.2 Å². The van der Waals surface area contributed by atoms with Gasteiger partial charge in [-0.25, -0.2) is 4.39 Å². The summed E-state index contributed by atoms with van der Waals surface area (Å²) in [5.74, 6) is 3.90. The highest BCUT2D eigenvalue weighted by Gasteiger charge is 2.04. The second-order valence-electron chi connectivity index (χ2n) is 3.11. The molecule has 0 saturated heterocycles. The van der Waals surface area contributed by atoms with E-state index in [-0.39, 0.29) is 24.2 Å². The fraction of sp³-hybridized carbons (Fsp3) is 0.231. The second kappa shape index (κ2) is 6.44. The van der Waals surface area contributed by atoms with E-state index in [4.69, 9.17) is 0 Å². The minimum Gasteiger partial charge on any atom is -0.465 e. The van der Waals surface area contributed by atoms with Gasteiger partial charge in [0.25, 0.3) is 0 Å². The van der Waals surface area contributed by atoms with Crippen molar-refractivity contribution in [3.05, 3.63) is 35.1 Å². The van der Waals surface area contributed by atoms with Crippen LogP contribution in [0.4, 0.5) is 4.39 Å². The molecule has 0 unspecified atom stereocenters. The van der Waals surface area contributed by atoms with Crippen LogP contribution < -0.4 is 0 Å². The molecule has 0 spiro atoms. The topological polar surface area (TPSA) is 43.4 Å². The van der Waals surface area contributed by atoms with E-state index in [2.05, 4.69) is 16.6 Å². The Morgan fingerprint density at radius 2 is 2.29 bits per heavy atom. The zero-order valence-corrected chi connectivity index (χ0v) is 9.33. The van der Waals surface area contributed by atoms with E-state index in [1.54, 1.807) is 6.92 Å². The van der Waals surface area contributed by atoms with Gasteiger partial charge in [-0.2, -0.15) is 0 Å². The van der Waals surface area contributed by atoms with Gasteiger partial charge in [0.2, 0.25) is 0 Å². The molecule has 0 N–H and O–H groups in total. The summed E-state index contributed by atoms with van der Waals surface area (Å²) in [6.07, 6.45) is 0.401. The minimum absolute atomic E-state index is 0.00629. The first-order chi connectivity index (χ1) is 8.19. The van der Waals surface area contributed by atoms with Crippen molar-refractivity contribution in [1.29, 1.82) is 0 Å². The molecule has 88 valence electrons. The Bertz CT molecular complexity index is 483. The van der Waals surface area contributed by atoms with Gasteiger partial charge in [0.05, 0.1) is 12.2 Å². The maximum absolute atomic E-state index is 13.3. The Kier molecular flexibility index (Phi) is 4.89. The third-order valence-electron chi connectivity index (χ3n) is 1.92. The molecule has 0 saturated carbocycles. The van der Waals surface area contributed by atoms with Gasteiger partial charge in [-0.05, 0) is 13.0 Å². The number of halogens is 1. The average Bonchev–Trinajstić information content (AvgIpc) is 2.31. The van der Waals surface area contributed by atoms with Crippen molar-refractivity contribution >= 4 is 12.3 Å². The minimum atomic E-state index is -0.578.